The number of carbonyl (C=O) groups is 1. The van der Waals surface area contributed by atoms with Crippen LogP contribution in [0.15, 0.2) is 42.7 Å². The molecule has 2 amide bonds. The fraction of sp³-hybridized carbons (Fsp3) is 0.450. The van der Waals surface area contributed by atoms with Crippen LogP contribution in [0.2, 0.25) is 0 Å². The SMILES string of the molecule is COc1nccnc1OC1CCCN(C(=O)NCCCc2ccccc2)C1. The summed E-state index contributed by atoms with van der Waals surface area (Å²) in [5, 5.41) is 3.01. The molecule has 2 heterocycles. The molecule has 1 fully saturated rings. The number of hydrogen-bond acceptors (Lipinski definition) is 5. The molecule has 144 valence electrons. The molecule has 1 aromatic carbocycles. The van der Waals surface area contributed by atoms with Crippen LogP contribution in [0.4, 0.5) is 4.79 Å². The van der Waals surface area contributed by atoms with Gasteiger partial charge in [0.25, 0.3) is 11.8 Å². The number of aromatic nitrogens is 2. The maximum Gasteiger partial charge on any atom is 0.317 e. The second-order valence-corrected chi connectivity index (χ2v) is 6.52. The molecule has 1 N–H and O–H groups in total. The lowest BCUT2D eigenvalue weighted by Crippen LogP contribution is -2.48. The van der Waals surface area contributed by atoms with E-state index < -0.39 is 0 Å². The fourth-order valence-corrected chi connectivity index (χ4v) is 3.15. The third-order valence-corrected chi connectivity index (χ3v) is 4.53. The van der Waals surface area contributed by atoms with E-state index in [4.69, 9.17) is 9.47 Å². The van der Waals surface area contributed by atoms with Gasteiger partial charge in [-0.3, -0.25) is 0 Å². The van der Waals surface area contributed by atoms with Crippen molar-refractivity contribution in [3.63, 3.8) is 0 Å². The Kier molecular flexibility index (Phi) is 6.84. The zero-order valence-electron chi connectivity index (χ0n) is 15.6. The number of aryl methyl sites for hydroxylation is 1. The standard InChI is InChI=1S/C20H26N4O3/c1-26-18-19(22-13-12-21-18)27-17-10-6-14-24(15-17)20(25)23-11-5-9-16-7-3-2-4-8-16/h2-4,7-8,12-13,17H,5-6,9-11,14-15H2,1H3,(H,23,25). The van der Waals surface area contributed by atoms with E-state index in [1.807, 2.05) is 18.2 Å². The summed E-state index contributed by atoms with van der Waals surface area (Å²) in [5.74, 6) is 0.732. The minimum atomic E-state index is -0.112. The first-order chi connectivity index (χ1) is 13.3. The molecule has 0 spiro atoms. The monoisotopic (exact) mass is 370 g/mol. The summed E-state index contributed by atoms with van der Waals surface area (Å²) in [5.41, 5.74) is 1.29. The van der Waals surface area contributed by atoms with E-state index in [0.29, 0.717) is 24.8 Å². The predicted octanol–water partition coefficient (Wildman–Crippen LogP) is 2.67. The zero-order chi connectivity index (χ0) is 18.9. The number of nitrogens with one attached hydrogen (secondary N) is 1. The van der Waals surface area contributed by atoms with Gasteiger partial charge in [-0.05, 0) is 31.2 Å². The number of hydrogen-bond donors (Lipinski definition) is 1. The molecule has 1 aliphatic rings. The summed E-state index contributed by atoms with van der Waals surface area (Å²) in [7, 11) is 1.53. The van der Waals surface area contributed by atoms with Gasteiger partial charge < -0.3 is 19.7 Å². The number of amides is 2. The van der Waals surface area contributed by atoms with Crippen LogP contribution in [0, 0.1) is 0 Å². The highest BCUT2D eigenvalue weighted by atomic mass is 16.5. The second kappa shape index (κ2) is 9.75. The third-order valence-electron chi connectivity index (χ3n) is 4.53. The number of likely N-dealkylation sites (tertiary alicyclic amines) is 1. The Bertz CT molecular complexity index is 726. The lowest BCUT2D eigenvalue weighted by atomic mass is 10.1. The Morgan fingerprint density at radius 3 is 2.78 bits per heavy atom. The maximum absolute atomic E-state index is 12.4. The number of nitrogens with zero attached hydrogens (tertiary/aromatic N) is 3. The second-order valence-electron chi connectivity index (χ2n) is 6.52. The number of ether oxygens (including phenoxy) is 2. The van der Waals surface area contributed by atoms with E-state index in [-0.39, 0.29) is 12.1 Å². The lowest BCUT2D eigenvalue weighted by molar-refractivity contribution is 0.0945. The van der Waals surface area contributed by atoms with Gasteiger partial charge in [0, 0.05) is 25.5 Å². The van der Waals surface area contributed by atoms with Gasteiger partial charge in [-0.15, -0.1) is 0 Å². The number of carbonyl (C=O) groups excluding carboxylic acids is 1. The van der Waals surface area contributed by atoms with Gasteiger partial charge in [0.2, 0.25) is 0 Å². The van der Waals surface area contributed by atoms with Crippen LogP contribution in [0.1, 0.15) is 24.8 Å². The summed E-state index contributed by atoms with van der Waals surface area (Å²) in [4.78, 5) is 22.5. The van der Waals surface area contributed by atoms with Crippen molar-refractivity contribution >= 4 is 6.03 Å². The summed E-state index contributed by atoms with van der Waals surface area (Å²) < 4.78 is 11.1. The van der Waals surface area contributed by atoms with Crippen molar-refractivity contribution in [1.82, 2.24) is 20.2 Å². The van der Waals surface area contributed by atoms with E-state index in [1.54, 1.807) is 17.3 Å². The summed E-state index contributed by atoms with van der Waals surface area (Å²) >= 11 is 0. The molecule has 1 atom stereocenters. The van der Waals surface area contributed by atoms with Crippen LogP contribution < -0.4 is 14.8 Å². The summed E-state index contributed by atoms with van der Waals surface area (Å²) in [6.07, 6.45) is 6.65. The van der Waals surface area contributed by atoms with Crippen molar-refractivity contribution in [3.05, 3.63) is 48.3 Å². The highest BCUT2D eigenvalue weighted by Gasteiger charge is 2.26. The number of urea groups is 1. The number of benzene rings is 1. The van der Waals surface area contributed by atoms with Gasteiger partial charge in [-0.25, -0.2) is 14.8 Å². The van der Waals surface area contributed by atoms with Gasteiger partial charge in [-0.1, -0.05) is 30.3 Å². The minimum Gasteiger partial charge on any atom is -0.477 e. The topological polar surface area (TPSA) is 76.6 Å². The third kappa shape index (κ3) is 5.57. The molecule has 1 saturated heterocycles. The van der Waals surface area contributed by atoms with E-state index >= 15 is 0 Å². The Hall–Kier alpha value is -2.83. The molecule has 0 radical (unpaired) electrons. The van der Waals surface area contributed by atoms with E-state index in [2.05, 4.69) is 27.4 Å². The molecular weight excluding hydrogens is 344 g/mol. The Morgan fingerprint density at radius 2 is 2.00 bits per heavy atom. The van der Waals surface area contributed by atoms with Gasteiger partial charge in [0.05, 0.1) is 13.7 Å². The van der Waals surface area contributed by atoms with Crippen molar-refractivity contribution in [2.75, 3.05) is 26.7 Å². The first-order valence-corrected chi connectivity index (χ1v) is 9.34. The molecule has 7 heteroatoms. The molecule has 7 nitrogen and oxygen atoms in total. The fourth-order valence-electron chi connectivity index (χ4n) is 3.15. The molecule has 0 bridgehead atoms. The van der Waals surface area contributed by atoms with Gasteiger partial charge in [0.1, 0.15) is 6.10 Å². The molecule has 0 aliphatic carbocycles. The zero-order valence-corrected chi connectivity index (χ0v) is 15.6. The van der Waals surface area contributed by atoms with Gasteiger partial charge in [-0.2, -0.15) is 0 Å². The number of rotatable bonds is 7. The van der Waals surface area contributed by atoms with Crippen LogP contribution in [0.5, 0.6) is 11.8 Å². The largest absolute Gasteiger partial charge is 0.477 e. The van der Waals surface area contributed by atoms with Crippen LogP contribution in [-0.2, 0) is 6.42 Å². The average molecular weight is 370 g/mol. The van der Waals surface area contributed by atoms with Crippen LogP contribution >= 0.6 is 0 Å². The normalized spacial score (nSPS) is 16.6. The van der Waals surface area contributed by atoms with Crippen LogP contribution in [0.25, 0.3) is 0 Å². The molecule has 3 rings (SSSR count). The van der Waals surface area contributed by atoms with E-state index in [1.165, 1.54) is 12.7 Å². The first-order valence-electron chi connectivity index (χ1n) is 9.34. The smallest absolute Gasteiger partial charge is 0.317 e. The number of methoxy groups -OCH3 is 1. The van der Waals surface area contributed by atoms with E-state index in [9.17, 15) is 4.79 Å². The molecular formula is C20H26N4O3. The summed E-state index contributed by atoms with van der Waals surface area (Å²) in [6.45, 7) is 1.93. The number of piperidine rings is 1. The predicted molar refractivity (Wildman–Crippen MR) is 102 cm³/mol. The van der Waals surface area contributed by atoms with Crippen molar-refractivity contribution < 1.29 is 14.3 Å². The van der Waals surface area contributed by atoms with Crippen LogP contribution in [-0.4, -0.2) is 53.7 Å². The average Bonchev–Trinajstić information content (AvgIpc) is 2.72. The molecule has 2 aromatic rings. The van der Waals surface area contributed by atoms with Gasteiger partial charge >= 0.3 is 6.03 Å². The first kappa shape index (κ1) is 18.9. The highest BCUT2D eigenvalue weighted by Crippen LogP contribution is 2.23. The minimum absolute atomic E-state index is 0.0394. The lowest BCUT2D eigenvalue weighted by Gasteiger charge is -2.32. The van der Waals surface area contributed by atoms with Crippen molar-refractivity contribution in [1.29, 1.82) is 0 Å². The quantitative estimate of drug-likeness (QED) is 0.759. The van der Waals surface area contributed by atoms with Crippen molar-refractivity contribution in [2.24, 2.45) is 0 Å². The molecule has 0 saturated carbocycles. The molecule has 1 aliphatic heterocycles. The van der Waals surface area contributed by atoms with Gasteiger partial charge in [0.15, 0.2) is 0 Å². The Labute approximate surface area is 159 Å². The Balaban J connectivity index is 1.43. The molecule has 27 heavy (non-hydrogen) atoms. The van der Waals surface area contributed by atoms with Crippen molar-refractivity contribution in [2.45, 2.75) is 31.8 Å². The van der Waals surface area contributed by atoms with Crippen LogP contribution in [0.3, 0.4) is 0 Å². The summed E-state index contributed by atoms with van der Waals surface area (Å²) in [6, 6.07) is 10.3. The van der Waals surface area contributed by atoms with E-state index in [0.717, 1.165) is 32.2 Å². The molecule has 1 aromatic heterocycles. The molecule has 1 unspecified atom stereocenters. The highest BCUT2D eigenvalue weighted by molar-refractivity contribution is 5.74. The Morgan fingerprint density at radius 1 is 1.22 bits per heavy atom. The maximum atomic E-state index is 12.4. The van der Waals surface area contributed by atoms with Crippen molar-refractivity contribution in [3.8, 4) is 11.8 Å².